The fourth-order valence-electron chi connectivity index (χ4n) is 3.14. The number of carbonyl (C=O) groups excluding carboxylic acids is 1. The Hall–Kier alpha value is -2.34. The molecule has 2 heterocycles. The first-order valence-corrected chi connectivity index (χ1v) is 8.43. The second kappa shape index (κ2) is 7.70. The molecule has 0 bridgehead atoms. The van der Waals surface area contributed by atoms with E-state index in [4.69, 9.17) is 0 Å². The Labute approximate surface area is 145 Å². The first-order chi connectivity index (χ1) is 12.0. The van der Waals surface area contributed by atoms with Gasteiger partial charge in [0.15, 0.2) is 0 Å². The molecule has 0 unspecified atom stereocenters. The Morgan fingerprint density at radius 3 is 2.92 bits per heavy atom. The summed E-state index contributed by atoms with van der Waals surface area (Å²) in [6, 6.07) is 6.96. The summed E-state index contributed by atoms with van der Waals surface area (Å²) in [6.07, 6.45) is 5.06. The van der Waals surface area contributed by atoms with Gasteiger partial charge in [0.05, 0.1) is 6.04 Å². The van der Waals surface area contributed by atoms with Gasteiger partial charge in [-0.25, -0.2) is 8.78 Å². The van der Waals surface area contributed by atoms with Crippen molar-refractivity contribution in [2.45, 2.75) is 38.4 Å². The van der Waals surface area contributed by atoms with Gasteiger partial charge < -0.3 is 4.90 Å². The van der Waals surface area contributed by atoms with Gasteiger partial charge in [0.1, 0.15) is 11.6 Å². The van der Waals surface area contributed by atoms with Crippen LogP contribution in [0, 0.1) is 11.6 Å². The number of nitrogens with one attached hydrogen (secondary N) is 1. The van der Waals surface area contributed by atoms with Gasteiger partial charge in [0.2, 0.25) is 5.91 Å². The first-order valence-electron chi connectivity index (χ1n) is 8.43. The van der Waals surface area contributed by atoms with Crippen LogP contribution < -0.4 is 5.32 Å². The molecular weight excluding hydrogens is 324 g/mol. The summed E-state index contributed by atoms with van der Waals surface area (Å²) in [5.41, 5.74) is 1.34. The predicted octanol–water partition coefficient (Wildman–Crippen LogP) is 3.20. The molecule has 0 saturated carbocycles. The number of amides is 1. The van der Waals surface area contributed by atoms with E-state index < -0.39 is 11.6 Å². The van der Waals surface area contributed by atoms with Gasteiger partial charge in [-0.05, 0) is 37.5 Å². The number of hydrogen-bond acceptors (Lipinski definition) is 3. The molecule has 1 amide bonds. The number of rotatable bonds is 5. The molecule has 1 saturated heterocycles. The molecule has 2 aromatic rings. The summed E-state index contributed by atoms with van der Waals surface area (Å²) >= 11 is 0. The molecule has 2 atom stereocenters. The second-order valence-corrected chi connectivity index (χ2v) is 6.37. The monoisotopic (exact) mass is 345 g/mol. The normalized spacial score (nSPS) is 19.1. The number of likely N-dealkylation sites (tertiary alicyclic amines) is 1. The lowest BCUT2D eigenvalue weighted by atomic mass is 10.0. The molecule has 1 aliphatic heterocycles. The van der Waals surface area contributed by atoms with E-state index in [0.29, 0.717) is 12.1 Å². The van der Waals surface area contributed by atoms with Gasteiger partial charge in [0, 0.05) is 43.2 Å². The molecule has 1 aromatic carbocycles. The number of pyridine rings is 1. The summed E-state index contributed by atoms with van der Waals surface area (Å²) in [7, 11) is 0. The summed E-state index contributed by atoms with van der Waals surface area (Å²) in [5.74, 6) is -1.28. The number of piperidine rings is 1. The topological polar surface area (TPSA) is 45.2 Å². The van der Waals surface area contributed by atoms with Crippen LogP contribution in [0.1, 0.15) is 36.9 Å². The molecule has 1 aromatic heterocycles. The summed E-state index contributed by atoms with van der Waals surface area (Å²) in [4.78, 5) is 18.5. The number of carbonyl (C=O) groups is 1. The molecule has 1 N–H and O–H groups in total. The molecule has 25 heavy (non-hydrogen) atoms. The Balaban J connectivity index is 1.66. The van der Waals surface area contributed by atoms with Gasteiger partial charge in [-0.15, -0.1) is 0 Å². The van der Waals surface area contributed by atoms with Crippen LogP contribution in [-0.2, 0) is 11.3 Å². The molecule has 6 heteroatoms. The van der Waals surface area contributed by atoms with E-state index in [9.17, 15) is 13.6 Å². The quantitative estimate of drug-likeness (QED) is 0.905. The number of aromatic nitrogens is 1. The minimum Gasteiger partial charge on any atom is -0.337 e. The molecule has 1 aliphatic rings. The van der Waals surface area contributed by atoms with E-state index in [2.05, 4.69) is 10.3 Å². The van der Waals surface area contributed by atoms with Crippen molar-refractivity contribution >= 4 is 5.91 Å². The predicted molar refractivity (Wildman–Crippen MR) is 90.6 cm³/mol. The Bertz CT molecular complexity index is 739. The molecule has 132 valence electrons. The fraction of sp³-hybridized carbons (Fsp3) is 0.368. The van der Waals surface area contributed by atoms with Crippen molar-refractivity contribution in [3.8, 4) is 0 Å². The zero-order chi connectivity index (χ0) is 17.8. The Morgan fingerprint density at radius 2 is 2.20 bits per heavy atom. The smallest absolute Gasteiger partial charge is 0.240 e. The zero-order valence-corrected chi connectivity index (χ0v) is 14.1. The van der Waals surface area contributed by atoms with Crippen LogP contribution in [0.5, 0.6) is 0 Å². The van der Waals surface area contributed by atoms with Crippen LogP contribution in [-0.4, -0.2) is 28.4 Å². The fourth-order valence-corrected chi connectivity index (χ4v) is 3.14. The van der Waals surface area contributed by atoms with E-state index in [1.807, 2.05) is 19.1 Å². The minimum absolute atomic E-state index is 0.00911. The maximum Gasteiger partial charge on any atom is 0.240 e. The van der Waals surface area contributed by atoms with Crippen molar-refractivity contribution in [2.24, 2.45) is 0 Å². The lowest BCUT2D eigenvalue weighted by molar-refractivity contribution is -0.136. The van der Waals surface area contributed by atoms with Gasteiger partial charge in [-0.3, -0.25) is 15.1 Å². The molecular formula is C19H21F2N3O. The van der Waals surface area contributed by atoms with Crippen LogP contribution in [0.2, 0.25) is 0 Å². The number of halogens is 2. The molecule has 0 aliphatic carbocycles. The van der Waals surface area contributed by atoms with Gasteiger partial charge in [-0.1, -0.05) is 12.1 Å². The highest BCUT2D eigenvalue weighted by atomic mass is 19.1. The van der Waals surface area contributed by atoms with Crippen LogP contribution >= 0.6 is 0 Å². The number of hydrogen-bond donors (Lipinski definition) is 1. The third-order valence-electron chi connectivity index (χ3n) is 4.54. The van der Waals surface area contributed by atoms with Crippen LogP contribution in [0.15, 0.2) is 42.7 Å². The van der Waals surface area contributed by atoms with Crippen molar-refractivity contribution < 1.29 is 13.6 Å². The van der Waals surface area contributed by atoms with Crippen molar-refractivity contribution in [2.75, 3.05) is 6.54 Å². The maximum absolute atomic E-state index is 13.9. The van der Waals surface area contributed by atoms with Crippen molar-refractivity contribution in [3.05, 3.63) is 65.5 Å². The van der Waals surface area contributed by atoms with Crippen molar-refractivity contribution in [3.63, 3.8) is 0 Å². The maximum atomic E-state index is 13.9. The van der Waals surface area contributed by atoms with E-state index in [1.165, 1.54) is 12.1 Å². The highest BCUT2D eigenvalue weighted by Gasteiger charge is 2.30. The average molecular weight is 345 g/mol. The molecule has 4 nitrogen and oxygen atoms in total. The van der Waals surface area contributed by atoms with E-state index >= 15 is 0 Å². The molecule has 1 fully saturated rings. The third-order valence-corrected chi connectivity index (χ3v) is 4.54. The SMILES string of the molecule is C[C@H](N[C@@H]1CCCN(Cc2ccc(F)cc2F)C1=O)c1cccnc1. The van der Waals surface area contributed by atoms with Gasteiger partial charge >= 0.3 is 0 Å². The van der Waals surface area contributed by atoms with E-state index in [0.717, 1.165) is 24.5 Å². The zero-order valence-electron chi connectivity index (χ0n) is 14.1. The summed E-state index contributed by atoms with van der Waals surface area (Å²) < 4.78 is 26.9. The van der Waals surface area contributed by atoms with Crippen LogP contribution in [0.4, 0.5) is 8.78 Å². The second-order valence-electron chi connectivity index (χ2n) is 6.37. The minimum atomic E-state index is -0.619. The first kappa shape index (κ1) is 17.5. The highest BCUT2D eigenvalue weighted by Crippen LogP contribution is 2.20. The number of nitrogens with zero attached hydrogens (tertiary/aromatic N) is 2. The largest absolute Gasteiger partial charge is 0.337 e. The average Bonchev–Trinajstić information content (AvgIpc) is 2.61. The summed E-state index contributed by atoms with van der Waals surface area (Å²) in [6.45, 7) is 2.72. The molecule has 0 spiro atoms. The lowest BCUT2D eigenvalue weighted by Gasteiger charge is -2.34. The van der Waals surface area contributed by atoms with Crippen LogP contribution in [0.25, 0.3) is 0 Å². The van der Waals surface area contributed by atoms with Gasteiger partial charge in [0.25, 0.3) is 0 Å². The van der Waals surface area contributed by atoms with E-state index in [-0.39, 0.29) is 24.5 Å². The Kier molecular flexibility index (Phi) is 5.38. The summed E-state index contributed by atoms with van der Waals surface area (Å²) in [5, 5.41) is 3.34. The van der Waals surface area contributed by atoms with Gasteiger partial charge in [-0.2, -0.15) is 0 Å². The lowest BCUT2D eigenvalue weighted by Crippen LogP contribution is -2.50. The van der Waals surface area contributed by atoms with Crippen molar-refractivity contribution in [1.29, 1.82) is 0 Å². The standard InChI is InChI=1S/C19H21F2N3O/c1-13(14-4-2-8-22-11-14)23-18-5-3-9-24(19(18)25)12-15-6-7-16(20)10-17(15)21/h2,4,6-8,10-11,13,18,23H,3,5,9,12H2,1H3/t13-,18+/m0/s1. The van der Waals surface area contributed by atoms with E-state index in [1.54, 1.807) is 17.3 Å². The molecule has 3 rings (SSSR count). The number of benzene rings is 1. The Morgan fingerprint density at radius 1 is 1.36 bits per heavy atom. The molecule has 0 radical (unpaired) electrons. The van der Waals surface area contributed by atoms with Crippen LogP contribution in [0.3, 0.4) is 0 Å². The highest BCUT2D eigenvalue weighted by molar-refractivity contribution is 5.82. The third kappa shape index (κ3) is 4.20. The van der Waals surface area contributed by atoms with Crippen molar-refractivity contribution in [1.82, 2.24) is 15.2 Å².